The van der Waals surface area contributed by atoms with Crippen LogP contribution < -0.4 is 11.1 Å². The van der Waals surface area contributed by atoms with Crippen LogP contribution in [0.15, 0.2) is 0 Å². The molecular formula is C14H27N3O. The minimum absolute atomic E-state index is 0.200. The molecule has 1 saturated heterocycles. The molecule has 4 heteroatoms. The van der Waals surface area contributed by atoms with Crippen molar-refractivity contribution in [2.45, 2.75) is 57.5 Å². The number of nitrogens with zero attached hydrogens (tertiary/aromatic N) is 1. The second-order valence-electron chi connectivity index (χ2n) is 6.02. The van der Waals surface area contributed by atoms with Crippen LogP contribution in [0.3, 0.4) is 0 Å². The Morgan fingerprint density at radius 3 is 2.67 bits per heavy atom. The average molecular weight is 253 g/mol. The smallest absolute Gasteiger partial charge is 0.234 e. The highest BCUT2D eigenvalue weighted by Crippen LogP contribution is 2.22. The van der Waals surface area contributed by atoms with E-state index in [0.29, 0.717) is 24.5 Å². The van der Waals surface area contributed by atoms with Crippen molar-refractivity contribution in [3.05, 3.63) is 0 Å². The first kappa shape index (κ1) is 13.8. The van der Waals surface area contributed by atoms with E-state index in [1.54, 1.807) is 0 Å². The van der Waals surface area contributed by atoms with Gasteiger partial charge in [0.2, 0.25) is 5.91 Å². The molecule has 2 unspecified atom stereocenters. The van der Waals surface area contributed by atoms with Crippen molar-refractivity contribution in [1.82, 2.24) is 10.2 Å². The predicted octanol–water partition coefficient (Wildman–Crippen LogP) is 1.10. The van der Waals surface area contributed by atoms with Gasteiger partial charge in [0, 0.05) is 18.6 Å². The highest BCUT2D eigenvalue weighted by Gasteiger charge is 2.29. The van der Waals surface area contributed by atoms with Gasteiger partial charge in [0.15, 0.2) is 0 Å². The van der Waals surface area contributed by atoms with Crippen LogP contribution >= 0.6 is 0 Å². The fraction of sp³-hybridized carbons (Fsp3) is 0.929. The monoisotopic (exact) mass is 253 g/mol. The van der Waals surface area contributed by atoms with Crippen LogP contribution in [-0.4, -0.2) is 42.5 Å². The van der Waals surface area contributed by atoms with E-state index in [1.807, 2.05) is 0 Å². The van der Waals surface area contributed by atoms with E-state index in [4.69, 9.17) is 5.73 Å². The molecule has 0 bridgehead atoms. The number of carbonyl (C=O) groups is 1. The SMILES string of the molecule is CC1CC(CN)CN1CC(=O)NC1CCCCC1. The van der Waals surface area contributed by atoms with Crippen molar-refractivity contribution >= 4 is 5.91 Å². The van der Waals surface area contributed by atoms with Gasteiger partial charge < -0.3 is 11.1 Å². The second-order valence-corrected chi connectivity index (χ2v) is 6.02. The molecule has 1 amide bonds. The summed E-state index contributed by atoms with van der Waals surface area (Å²) < 4.78 is 0. The Labute approximate surface area is 110 Å². The molecule has 1 aliphatic carbocycles. The van der Waals surface area contributed by atoms with Crippen molar-refractivity contribution in [2.24, 2.45) is 11.7 Å². The van der Waals surface area contributed by atoms with Crippen LogP contribution in [0.2, 0.25) is 0 Å². The standard InChI is InChI=1S/C14H27N3O/c1-11-7-12(8-15)9-17(11)10-14(18)16-13-5-3-2-4-6-13/h11-13H,2-10,15H2,1H3,(H,16,18). The molecule has 18 heavy (non-hydrogen) atoms. The summed E-state index contributed by atoms with van der Waals surface area (Å²) in [4.78, 5) is 14.3. The Hall–Kier alpha value is -0.610. The summed E-state index contributed by atoms with van der Waals surface area (Å²) in [7, 11) is 0. The van der Waals surface area contributed by atoms with Crippen LogP contribution in [0.5, 0.6) is 0 Å². The Kier molecular flexibility index (Phi) is 5.01. The topological polar surface area (TPSA) is 58.4 Å². The third-order valence-corrected chi connectivity index (χ3v) is 4.44. The molecule has 1 aliphatic heterocycles. The molecule has 2 atom stereocenters. The van der Waals surface area contributed by atoms with Crippen molar-refractivity contribution in [1.29, 1.82) is 0 Å². The van der Waals surface area contributed by atoms with Gasteiger partial charge in [0.25, 0.3) is 0 Å². The number of amides is 1. The minimum Gasteiger partial charge on any atom is -0.352 e. The molecule has 0 spiro atoms. The molecular weight excluding hydrogens is 226 g/mol. The lowest BCUT2D eigenvalue weighted by atomic mass is 9.95. The number of nitrogens with one attached hydrogen (secondary N) is 1. The molecule has 104 valence electrons. The van der Waals surface area contributed by atoms with Crippen LogP contribution in [-0.2, 0) is 4.79 Å². The maximum Gasteiger partial charge on any atom is 0.234 e. The predicted molar refractivity (Wildman–Crippen MR) is 73.2 cm³/mol. The Morgan fingerprint density at radius 1 is 1.33 bits per heavy atom. The molecule has 1 heterocycles. The highest BCUT2D eigenvalue weighted by atomic mass is 16.2. The molecule has 2 aliphatic rings. The van der Waals surface area contributed by atoms with Crippen LogP contribution in [0.4, 0.5) is 0 Å². The van der Waals surface area contributed by atoms with Crippen LogP contribution in [0.1, 0.15) is 45.4 Å². The summed E-state index contributed by atoms with van der Waals surface area (Å²) in [6.45, 7) is 4.47. The summed E-state index contributed by atoms with van der Waals surface area (Å²) in [5, 5.41) is 3.19. The molecule has 3 N–H and O–H groups in total. The zero-order valence-electron chi connectivity index (χ0n) is 11.5. The number of carbonyl (C=O) groups excluding carboxylic acids is 1. The third kappa shape index (κ3) is 3.69. The van der Waals surface area contributed by atoms with E-state index in [9.17, 15) is 4.79 Å². The lowest BCUT2D eigenvalue weighted by Crippen LogP contribution is -2.43. The Balaban J connectivity index is 1.73. The molecule has 0 aromatic heterocycles. The van der Waals surface area contributed by atoms with Crippen molar-refractivity contribution in [3.63, 3.8) is 0 Å². The van der Waals surface area contributed by atoms with E-state index < -0.39 is 0 Å². The van der Waals surface area contributed by atoms with Crippen molar-refractivity contribution < 1.29 is 4.79 Å². The lowest BCUT2D eigenvalue weighted by Gasteiger charge is -2.25. The molecule has 4 nitrogen and oxygen atoms in total. The molecule has 0 radical (unpaired) electrons. The first-order valence-corrected chi connectivity index (χ1v) is 7.42. The van der Waals surface area contributed by atoms with Crippen LogP contribution in [0, 0.1) is 5.92 Å². The fourth-order valence-electron chi connectivity index (χ4n) is 3.31. The quantitative estimate of drug-likeness (QED) is 0.789. The van der Waals surface area contributed by atoms with Crippen molar-refractivity contribution in [2.75, 3.05) is 19.6 Å². The van der Waals surface area contributed by atoms with Gasteiger partial charge in [-0.2, -0.15) is 0 Å². The first-order valence-electron chi connectivity index (χ1n) is 7.42. The van der Waals surface area contributed by atoms with E-state index in [0.717, 1.165) is 32.4 Å². The van der Waals surface area contributed by atoms with Gasteiger partial charge in [-0.1, -0.05) is 19.3 Å². The fourth-order valence-corrected chi connectivity index (χ4v) is 3.31. The number of rotatable bonds is 4. The maximum atomic E-state index is 12.0. The van der Waals surface area contributed by atoms with Gasteiger partial charge in [-0.05, 0) is 38.6 Å². The van der Waals surface area contributed by atoms with Gasteiger partial charge in [0.1, 0.15) is 0 Å². The molecule has 2 rings (SSSR count). The minimum atomic E-state index is 0.200. The Morgan fingerprint density at radius 2 is 2.06 bits per heavy atom. The second kappa shape index (κ2) is 6.53. The third-order valence-electron chi connectivity index (χ3n) is 4.44. The Bertz CT molecular complexity index is 276. The molecule has 1 saturated carbocycles. The van der Waals surface area contributed by atoms with Gasteiger partial charge >= 0.3 is 0 Å². The summed E-state index contributed by atoms with van der Waals surface area (Å²) in [6, 6.07) is 0.921. The normalized spacial score (nSPS) is 30.6. The highest BCUT2D eigenvalue weighted by molar-refractivity contribution is 5.78. The van der Waals surface area contributed by atoms with E-state index in [2.05, 4.69) is 17.1 Å². The van der Waals surface area contributed by atoms with E-state index in [-0.39, 0.29) is 5.91 Å². The summed E-state index contributed by atoms with van der Waals surface area (Å²) in [6.07, 6.45) is 7.31. The largest absolute Gasteiger partial charge is 0.352 e. The molecule has 2 fully saturated rings. The molecule has 0 aromatic rings. The average Bonchev–Trinajstić information content (AvgIpc) is 2.71. The number of hydrogen-bond donors (Lipinski definition) is 2. The van der Waals surface area contributed by atoms with Gasteiger partial charge in [0.05, 0.1) is 6.54 Å². The van der Waals surface area contributed by atoms with E-state index >= 15 is 0 Å². The number of nitrogens with two attached hydrogens (primary N) is 1. The van der Waals surface area contributed by atoms with Gasteiger partial charge in [-0.25, -0.2) is 0 Å². The summed E-state index contributed by atoms with van der Waals surface area (Å²) in [5.74, 6) is 0.772. The number of hydrogen-bond acceptors (Lipinski definition) is 3. The maximum absolute atomic E-state index is 12.0. The number of likely N-dealkylation sites (tertiary alicyclic amines) is 1. The summed E-state index contributed by atoms with van der Waals surface area (Å²) >= 11 is 0. The first-order chi connectivity index (χ1) is 8.69. The summed E-state index contributed by atoms with van der Waals surface area (Å²) in [5.41, 5.74) is 5.71. The lowest BCUT2D eigenvalue weighted by molar-refractivity contribution is -0.123. The zero-order valence-corrected chi connectivity index (χ0v) is 11.5. The molecule has 0 aromatic carbocycles. The van der Waals surface area contributed by atoms with Crippen LogP contribution in [0.25, 0.3) is 0 Å². The van der Waals surface area contributed by atoms with Gasteiger partial charge in [-0.15, -0.1) is 0 Å². The van der Waals surface area contributed by atoms with Gasteiger partial charge in [-0.3, -0.25) is 9.69 Å². The zero-order chi connectivity index (χ0) is 13.0. The van der Waals surface area contributed by atoms with E-state index in [1.165, 1.54) is 19.3 Å². The van der Waals surface area contributed by atoms with Crippen molar-refractivity contribution in [3.8, 4) is 0 Å².